The average Bonchev–Trinajstić information content (AvgIpc) is 3.30. The van der Waals surface area contributed by atoms with Crippen LogP contribution >= 0.6 is 0 Å². The van der Waals surface area contributed by atoms with Crippen molar-refractivity contribution in [2.45, 2.75) is 285 Å². The van der Waals surface area contributed by atoms with Crippen LogP contribution in [0, 0.1) is 0 Å². The van der Waals surface area contributed by atoms with Crippen LogP contribution in [0.15, 0.2) is 68.5 Å². The third-order valence-corrected chi connectivity index (χ3v) is 16.3. The molecule has 0 spiro atoms. The number of rotatable bonds is 8. The number of phenolic OH excluding ortho intramolecular Hbond substituents is 4. The molecule has 84 heavy (non-hydrogen) atoms. The van der Waals surface area contributed by atoms with Crippen LogP contribution in [-0.4, -0.2) is 80.4 Å². The van der Waals surface area contributed by atoms with Crippen molar-refractivity contribution < 1.29 is 74.8 Å². The summed E-state index contributed by atoms with van der Waals surface area (Å²) in [5.74, 6) is 1.27. The minimum atomic E-state index is -0.179. The van der Waals surface area contributed by atoms with Gasteiger partial charge in [0, 0.05) is 113 Å². The molecule has 0 aromatic heterocycles. The van der Waals surface area contributed by atoms with Gasteiger partial charge in [0.25, 0.3) is 0 Å². The molecular formula is C72H112N4O6Ti2. The monoisotopic (exact) mass is 1220 g/mol. The molecule has 0 aliphatic heterocycles. The molecule has 4 aromatic carbocycles. The van der Waals surface area contributed by atoms with Crippen molar-refractivity contribution in [3.8, 4) is 23.0 Å². The van der Waals surface area contributed by atoms with Crippen LogP contribution in [0.4, 0.5) is 0 Å². The summed E-state index contributed by atoms with van der Waals surface area (Å²) in [5, 5.41) is 44.9. The Balaban J connectivity index is 0.000000802. The summed E-state index contributed by atoms with van der Waals surface area (Å²) in [6.45, 7) is 52.1. The van der Waals surface area contributed by atoms with Gasteiger partial charge in [0.1, 0.15) is 23.0 Å². The fraction of sp³-hybridized carbons (Fsp3) is 0.611. The first-order valence-electron chi connectivity index (χ1n) is 30.0. The molecule has 0 saturated heterocycles. The smallest absolute Gasteiger partial charge is 0.128 e. The molecule has 2 aliphatic carbocycles. The summed E-state index contributed by atoms with van der Waals surface area (Å²) in [7, 11) is 0. The van der Waals surface area contributed by atoms with Gasteiger partial charge in [-0.15, -0.1) is 0 Å². The zero-order chi connectivity index (χ0) is 60.5. The molecule has 12 heteroatoms. The standard InChI is InChI=1S/2C36H54N2O2.2H2O.2Ti/c2*1-33(2,3)25-17-23(31(39)27(19-25)35(7,8)9)21-37-29-15-13-14-16-30(29)38-22-24-18-26(34(4,5)6)20-28(32(24)40)36(10,11)12;;;;/h2*17-22,29-30,39-40H,13-16H2,1-12H3;2*1H2;;/t2*29-,30-;;;;/m11..../s1. The summed E-state index contributed by atoms with van der Waals surface area (Å²) in [6.07, 6.45) is 15.8. The summed E-state index contributed by atoms with van der Waals surface area (Å²) < 4.78 is 0. The molecule has 464 valence electrons. The number of aromatic hydroxyl groups is 4. The minimum Gasteiger partial charge on any atom is -0.507 e. The summed E-state index contributed by atoms with van der Waals surface area (Å²) >= 11 is 0. The molecule has 8 N–H and O–H groups in total. The Kier molecular flexibility index (Phi) is 27.3. The molecule has 2 saturated carbocycles. The summed E-state index contributed by atoms with van der Waals surface area (Å²) in [4.78, 5) is 20.1. The van der Waals surface area contributed by atoms with Crippen LogP contribution in [-0.2, 0) is 86.8 Å². The third kappa shape index (κ3) is 20.6. The quantitative estimate of drug-likeness (QED) is 0.101. The van der Waals surface area contributed by atoms with E-state index in [0.717, 1.165) is 95.9 Å². The summed E-state index contributed by atoms with van der Waals surface area (Å²) in [5.41, 5.74) is 10.8. The minimum absolute atomic E-state index is 0. The predicted molar refractivity (Wildman–Crippen MR) is 352 cm³/mol. The van der Waals surface area contributed by atoms with E-state index in [1.165, 1.54) is 22.3 Å². The number of benzene rings is 4. The normalized spacial score (nSPS) is 18.7. The molecule has 10 nitrogen and oxygen atoms in total. The molecule has 2 fully saturated rings. The van der Waals surface area contributed by atoms with Crippen molar-refractivity contribution in [1.29, 1.82) is 0 Å². The molecule has 2 aliphatic rings. The average molecular weight is 1230 g/mol. The molecule has 4 atom stereocenters. The maximum absolute atomic E-state index is 11.2. The number of aliphatic imine (C=N–C) groups is 4. The van der Waals surface area contributed by atoms with Crippen LogP contribution in [0.25, 0.3) is 0 Å². The van der Waals surface area contributed by atoms with Gasteiger partial charge in [0.2, 0.25) is 0 Å². The number of hydrogen-bond donors (Lipinski definition) is 4. The van der Waals surface area contributed by atoms with Crippen LogP contribution in [0.2, 0.25) is 0 Å². The SMILES string of the molecule is CC(C)(C)c1cc(C=N[C@@H]2CCCC[C@H]2N=Cc2cc(C(C)(C)C)cc(C(C)(C)C)c2O)c(O)c(C(C)(C)C)c1.CC(C)(C)c1cc(C=N[C@@H]2CCCC[C@H]2N=Cc2cc(C(C)(C)C)cc(C(C)(C)C)c2O)c(O)c(C(C)(C)C)c1.O.O.[Ti].[Ti]. The van der Waals surface area contributed by atoms with Gasteiger partial charge in [-0.25, -0.2) is 0 Å². The maximum Gasteiger partial charge on any atom is 0.128 e. The van der Waals surface area contributed by atoms with E-state index in [-0.39, 0.29) is 122 Å². The van der Waals surface area contributed by atoms with Gasteiger partial charge in [-0.2, -0.15) is 0 Å². The fourth-order valence-electron chi connectivity index (χ4n) is 10.6. The first-order valence-corrected chi connectivity index (χ1v) is 30.0. The zero-order valence-corrected chi connectivity index (χ0v) is 59.6. The van der Waals surface area contributed by atoms with E-state index in [0.29, 0.717) is 23.0 Å². The second-order valence-electron chi connectivity index (χ2n) is 31.8. The molecule has 6 rings (SSSR count). The fourth-order valence-corrected chi connectivity index (χ4v) is 10.6. The van der Waals surface area contributed by atoms with Crippen molar-refractivity contribution in [3.63, 3.8) is 0 Å². The van der Waals surface area contributed by atoms with E-state index >= 15 is 0 Å². The van der Waals surface area contributed by atoms with Gasteiger partial charge in [-0.3, -0.25) is 20.0 Å². The zero-order valence-electron chi connectivity index (χ0n) is 56.5. The van der Waals surface area contributed by atoms with E-state index < -0.39 is 0 Å². The Morgan fingerprint density at radius 1 is 0.286 bits per heavy atom. The van der Waals surface area contributed by atoms with E-state index in [4.69, 9.17) is 20.0 Å². The molecule has 0 radical (unpaired) electrons. The van der Waals surface area contributed by atoms with E-state index in [9.17, 15) is 20.4 Å². The van der Waals surface area contributed by atoms with Gasteiger partial charge in [0.05, 0.1) is 24.2 Å². The molecule has 0 unspecified atom stereocenters. The number of phenols is 4. The second-order valence-corrected chi connectivity index (χ2v) is 31.8. The van der Waals surface area contributed by atoms with Crippen LogP contribution in [0.1, 0.15) is 284 Å². The Labute approximate surface area is 539 Å². The van der Waals surface area contributed by atoms with Crippen LogP contribution in [0.5, 0.6) is 23.0 Å². The van der Waals surface area contributed by atoms with Gasteiger partial charge in [-0.05, 0) is 116 Å². The van der Waals surface area contributed by atoms with Gasteiger partial charge in [-0.1, -0.05) is 216 Å². The molecule has 0 amide bonds. The summed E-state index contributed by atoms with van der Waals surface area (Å²) in [6, 6.07) is 17.1. The van der Waals surface area contributed by atoms with Crippen molar-refractivity contribution in [2.75, 3.05) is 0 Å². The predicted octanol–water partition coefficient (Wildman–Crippen LogP) is 16.6. The van der Waals surface area contributed by atoms with Crippen molar-refractivity contribution in [3.05, 3.63) is 115 Å². The Morgan fingerprint density at radius 2 is 0.440 bits per heavy atom. The van der Waals surface area contributed by atoms with E-state index in [1.807, 2.05) is 24.9 Å². The first-order chi connectivity index (χ1) is 36.4. The van der Waals surface area contributed by atoms with Gasteiger partial charge in [0.15, 0.2) is 0 Å². The Hall–Kier alpha value is -3.89. The van der Waals surface area contributed by atoms with Gasteiger partial charge >= 0.3 is 0 Å². The van der Waals surface area contributed by atoms with Crippen molar-refractivity contribution in [2.24, 2.45) is 20.0 Å². The van der Waals surface area contributed by atoms with E-state index in [1.54, 1.807) is 0 Å². The maximum atomic E-state index is 11.2. The molecule has 0 heterocycles. The number of hydrogen-bond acceptors (Lipinski definition) is 8. The van der Waals surface area contributed by atoms with Crippen LogP contribution < -0.4 is 0 Å². The molecule has 0 bridgehead atoms. The van der Waals surface area contributed by atoms with Crippen molar-refractivity contribution >= 4 is 24.9 Å². The first kappa shape index (κ1) is 78.1. The Bertz CT molecular complexity index is 2540. The van der Waals surface area contributed by atoms with Crippen LogP contribution in [0.3, 0.4) is 0 Å². The molecule has 4 aromatic rings. The molecular weight excluding hydrogens is 1110 g/mol. The van der Waals surface area contributed by atoms with Gasteiger partial charge < -0.3 is 31.4 Å². The van der Waals surface area contributed by atoms with E-state index in [2.05, 4.69) is 215 Å². The number of nitrogens with zero attached hydrogens (tertiary/aromatic N) is 4. The Morgan fingerprint density at radius 3 is 0.571 bits per heavy atom. The third-order valence-electron chi connectivity index (χ3n) is 16.3. The topological polar surface area (TPSA) is 193 Å². The van der Waals surface area contributed by atoms with Crippen molar-refractivity contribution in [1.82, 2.24) is 0 Å². The second kappa shape index (κ2) is 29.4. The largest absolute Gasteiger partial charge is 0.507 e.